The molecule has 0 spiro atoms. The Hall–Kier alpha value is -1.83. The second kappa shape index (κ2) is 5.42. The van der Waals surface area contributed by atoms with Gasteiger partial charge in [-0.1, -0.05) is 18.1 Å². The quantitative estimate of drug-likeness (QED) is 0.891. The molecule has 1 aliphatic heterocycles. The Morgan fingerprint density at radius 1 is 1.41 bits per heavy atom. The number of carbonyl (C=O) groups excluding carboxylic acids is 1. The van der Waals surface area contributed by atoms with Gasteiger partial charge in [-0.3, -0.25) is 4.79 Å². The van der Waals surface area contributed by atoms with Crippen molar-refractivity contribution in [1.82, 2.24) is 25.9 Å². The van der Waals surface area contributed by atoms with Crippen LogP contribution in [0.5, 0.6) is 0 Å². The van der Waals surface area contributed by atoms with Gasteiger partial charge < -0.3 is 9.73 Å². The van der Waals surface area contributed by atoms with Crippen LogP contribution in [0.4, 0.5) is 0 Å². The molecular weight excluding hydrogens is 302 g/mol. The van der Waals surface area contributed by atoms with E-state index < -0.39 is 0 Å². The van der Waals surface area contributed by atoms with E-state index in [1.54, 1.807) is 18.0 Å². The maximum atomic E-state index is 12.5. The number of aromatic amines is 1. The van der Waals surface area contributed by atoms with Gasteiger partial charge in [0.05, 0.1) is 16.7 Å². The van der Waals surface area contributed by atoms with Crippen LogP contribution in [-0.2, 0) is 16.9 Å². The summed E-state index contributed by atoms with van der Waals surface area (Å²) in [5.41, 5.74) is 1.52. The Bertz CT molecular complexity index is 675. The Labute approximate surface area is 131 Å². The molecule has 0 unspecified atom stereocenters. The topological polar surface area (TPSA) is 96.7 Å². The van der Waals surface area contributed by atoms with Crippen molar-refractivity contribution in [1.29, 1.82) is 0 Å². The van der Waals surface area contributed by atoms with Crippen molar-refractivity contribution in [3.05, 3.63) is 29.0 Å². The van der Waals surface area contributed by atoms with Gasteiger partial charge in [0.1, 0.15) is 12.0 Å². The molecule has 1 fully saturated rings. The second-order valence-electron chi connectivity index (χ2n) is 5.95. The lowest BCUT2D eigenvalue weighted by molar-refractivity contribution is 0.0941. The first-order chi connectivity index (χ1) is 10.8. The number of nitrogens with one attached hydrogen (secondary N) is 2. The molecule has 0 radical (unpaired) electrons. The largest absolute Gasteiger partial charge is 0.467 e. The van der Waals surface area contributed by atoms with Crippen LogP contribution in [0.1, 0.15) is 53.2 Å². The predicted octanol–water partition coefficient (Wildman–Crippen LogP) is 1.78. The van der Waals surface area contributed by atoms with E-state index >= 15 is 0 Å². The van der Waals surface area contributed by atoms with Gasteiger partial charge in [-0.05, 0) is 12.8 Å². The highest BCUT2D eigenvalue weighted by Crippen LogP contribution is 2.39. The number of hydrogen-bond acceptors (Lipinski definition) is 6. The number of carbonyl (C=O) groups is 1. The highest BCUT2D eigenvalue weighted by molar-refractivity contribution is 7.98. The number of aromatic nitrogens is 4. The fourth-order valence-electron chi connectivity index (χ4n) is 3.40. The number of rotatable bonds is 4. The fourth-order valence-corrected chi connectivity index (χ4v) is 4.45. The molecule has 7 nitrogen and oxygen atoms in total. The summed E-state index contributed by atoms with van der Waals surface area (Å²) in [4.78, 5) is 12.5. The fraction of sp³-hybridized carbons (Fsp3) is 0.571. The van der Waals surface area contributed by atoms with Crippen molar-refractivity contribution < 1.29 is 9.21 Å². The lowest BCUT2D eigenvalue weighted by atomic mass is 9.85. The van der Waals surface area contributed by atoms with Crippen LogP contribution >= 0.6 is 11.8 Å². The maximum Gasteiger partial charge on any atom is 0.254 e. The van der Waals surface area contributed by atoms with E-state index in [9.17, 15) is 4.79 Å². The lowest BCUT2D eigenvalue weighted by Gasteiger charge is -2.25. The zero-order valence-electron chi connectivity index (χ0n) is 12.1. The number of H-pyrrole nitrogens is 1. The van der Waals surface area contributed by atoms with Crippen molar-refractivity contribution in [2.24, 2.45) is 0 Å². The van der Waals surface area contributed by atoms with Crippen molar-refractivity contribution in [3.8, 4) is 0 Å². The summed E-state index contributed by atoms with van der Waals surface area (Å²) in [7, 11) is 0. The lowest BCUT2D eigenvalue weighted by Crippen LogP contribution is -2.40. The summed E-state index contributed by atoms with van der Waals surface area (Å²) in [6.07, 6.45) is 5.79. The van der Waals surface area contributed by atoms with Gasteiger partial charge in [0.2, 0.25) is 0 Å². The summed E-state index contributed by atoms with van der Waals surface area (Å²) in [6, 6.07) is 0. The van der Waals surface area contributed by atoms with Gasteiger partial charge in [0.15, 0.2) is 5.82 Å². The highest BCUT2D eigenvalue weighted by Gasteiger charge is 2.40. The number of thioether (sulfide) groups is 1. The van der Waals surface area contributed by atoms with Gasteiger partial charge >= 0.3 is 0 Å². The smallest absolute Gasteiger partial charge is 0.254 e. The van der Waals surface area contributed by atoms with Gasteiger partial charge in [-0.2, -0.15) is 5.21 Å². The van der Waals surface area contributed by atoms with Crippen LogP contribution < -0.4 is 5.32 Å². The zero-order chi connectivity index (χ0) is 15.0. The molecule has 22 heavy (non-hydrogen) atoms. The molecule has 2 aromatic heterocycles. The minimum Gasteiger partial charge on any atom is -0.467 e. The minimum absolute atomic E-state index is 0.0673. The first-order valence-electron chi connectivity index (χ1n) is 7.48. The van der Waals surface area contributed by atoms with Crippen LogP contribution in [0.3, 0.4) is 0 Å². The van der Waals surface area contributed by atoms with Gasteiger partial charge in [0.25, 0.3) is 5.91 Å². The average Bonchev–Trinajstić information content (AvgIpc) is 3.28. The third kappa shape index (κ3) is 2.22. The van der Waals surface area contributed by atoms with Crippen LogP contribution in [0.15, 0.2) is 10.7 Å². The molecule has 4 rings (SSSR count). The number of fused-ring (bicyclic) bond motifs is 1. The molecule has 0 aromatic carbocycles. The molecule has 0 atom stereocenters. The van der Waals surface area contributed by atoms with E-state index in [4.69, 9.17) is 4.42 Å². The maximum absolute atomic E-state index is 12.5. The Morgan fingerprint density at radius 3 is 3.05 bits per heavy atom. The number of furan rings is 1. The van der Waals surface area contributed by atoms with Crippen LogP contribution in [0, 0.1) is 0 Å². The average molecular weight is 319 g/mol. The molecule has 8 heteroatoms. The van der Waals surface area contributed by atoms with Crippen LogP contribution in [0.25, 0.3) is 0 Å². The summed E-state index contributed by atoms with van der Waals surface area (Å²) >= 11 is 1.78. The molecule has 2 N–H and O–H groups in total. The van der Waals surface area contributed by atoms with Gasteiger partial charge in [0, 0.05) is 17.9 Å². The Kier molecular flexibility index (Phi) is 3.40. The predicted molar refractivity (Wildman–Crippen MR) is 80.4 cm³/mol. The van der Waals surface area contributed by atoms with Gasteiger partial charge in [-0.15, -0.1) is 22.0 Å². The molecule has 1 saturated carbocycles. The number of amides is 1. The molecule has 0 bridgehead atoms. The molecule has 2 aliphatic rings. The van der Waals surface area contributed by atoms with E-state index in [0.717, 1.165) is 48.5 Å². The Balaban J connectivity index is 1.50. The highest BCUT2D eigenvalue weighted by atomic mass is 32.2. The SMILES string of the molecule is O=C(NCC1(c2nn[nH]n2)CCCC1)c1coc2c1CSC2. The molecule has 1 amide bonds. The molecule has 0 saturated heterocycles. The molecule has 3 heterocycles. The first-order valence-corrected chi connectivity index (χ1v) is 8.63. The normalized spacial score (nSPS) is 19.3. The third-order valence-electron chi connectivity index (χ3n) is 4.67. The van der Waals surface area contributed by atoms with Crippen molar-refractivity contribution in [2.45, 2.75) is 42.6 Å². The number of tetrazole rings is 1. The monoisotopic (exact) mass is 319 g/mol. The summed E-state index contributed by atoms with van der Waals surface area (Å²) in [5.74, 6) is 3.28. The summed E-state index contributed by atoms with van der Waals surface area (Å²) in [6.45, 7) is 0.540. The number of hydrogen-bond donors (Lipinski definition) is 2. The van der Waals surface area contributed by atoms with Crippen LogP contribution in [0.2, 0.25) is 0 Å². The van der Waals surface area contributed by atoms with Crippen LogP contribution in [-0.4, -0.2) is 33.1 Å². The summed E-state index contributed by atoms with van der Waals surface area (Å²) in [5, 5.41) is 17.5. The molecule has 1 aliphatic carbocycles. The van der Waals surface area contributed by atoms with Gasteiger partial charge in [-0.25, -0.2) is 0 Å². The molecule has 116 valence electrons. The van der Waals surface area contributed by atoms with E-state index in [-0.39, 0.29) is 11.3 Å². The standard InChI is InChI=1S/C14H17N5O2S/c20-12(9-5-21-11-7-22-6-10(9)11)15-8-14(3-1-2-4-14)13-16-18-19-17-13/h5H,1-4,6-8H2,(H,15,20)(H,16,17,18,19). The van der Waals surface area contributed by atoms with E-state index in [0.29, 0.717) is 17.9 Å². The first kappa shape index (κ1) is 13.8. The number of nitrogens with zero attached hydrogens (tertiary/aromatic N) is 3. The molecule has 2 aromatic rings. The van der Waals surface area contributed by atoms with E-state index in [2.05, 4.69) is 25.9 Å². The second-order valence-corrected chi connectivity index (χ2v) is 6.94. The zero-order valence-corrected chi connectivity index (χ0v) is 12.9. The third-order valence-corrected chi connectivity index (χ3v) is 5.63. The van der Waals surface area contributed by atoms with Crippen molar-refractivity contribution in [3.63, 3.8) is 0 Å². The minimum atomic E-state index is -0.190. The van der Waals surface area contributed by atoms with E-state index in [1.165, 1.54) is 0 Å². The van der Waals surface area contributed by atoms with E-state index in [1.807, 2.05) is 0 Å². The van der Waals surface area contributed by atoms with Crippen molar-refractivity contribution in [2.75, 3.05) is 6.54 Å². The molecular formula is C14H17N5O2S. The van der Waals surface area contributed by atoms with Crippen molar-refractivity contribution >= 4 is 17.7 Å². The Morgan fingerprint density at radius 2 is 2.27 bits per heavy atom. The summed E-state index contributed by atoms with van der Waals surface area (Å²) < 4.78 is 5.48.